The molecule has 1 N–H and O–H groups in total. The molecule has 1 aromatic rings. The van der Waals surface area contributed by atoms with E-state index in [2.05, 4.69) is 35.1 Å². The molecule has 0 unspecified atom stereocenters. The first-order valence-corrected chi connectivity index (χ1v) is 6.61. The fraction of sp³-hybridized carbons (Fsp3) is 0.462. The van der Waals surface area contributed by atoms with Crippen molar-refractivity contribution in [2.45, 2.75) is 13.8 Å². The molecule has 1 rings (SSSR count). The number of hydrogen-bond acceptors (Lipinski definition) is 2. The van der Waals surface area contributed by atoms with Crippen LogP contribution in [0.3, 0.4) is 0 Å². The van der Waals surface area contributed by atoms with Crippen molar-refractivity contribution < 1.29 is 13.9 Å². The number of carbonyl (C=O) groups excluding carboxylic acids is 1. The normalized spacial score (nSPS) is 10.7. The summed E-state index contributed by atoms with van der Waals surface area (Å²) in [4.78, 5) is 11.8. The lowest BCUT2D eigenvalue weighted by atomic mass is 10.2. The van der Waals surface area contributed by atoms with E-state index in [4.69, 9.17) is 4.74 Å². The third kappa shape index (κ3) is 4.74. The molecule has 18 heavy (non-hydrogen) atoms. The second-order valence-corrected chi connectivity index (χ2v) is 5.12. The van der Waals surface area contributed by atoms with Crippen LogP contribution in [0.5, 0.6) is 0 Å². The number of rotatable bonds is 6. The van der Waals surface area contributed by atoms with Gasteiger partial charge in [0.2, 0.25) is 0 Å². The van der Waals surface area contributed by atoms with Crippen molar-refractivity contribution in [3.8, 4) is 0 Å². The molecule has 5 heteroatoms. The maximum absolute atomic E-state index is 13.2. The van der Waals surface area contributed by atoms with Gasteiger partial charge in [-0.3, -0.25) is 4.79 Å². The highest BCUT2D eigenvalue weighted by molar-refractivity contribution is 9.10. The molecule has 100 valence electrons. The third-order valence-electron chi connectivity index (χ3n) is 2.18. The van der Waals surface area contributed by atoms with E-state index in [1.807, 2.05) is 0 Å². The van der Waals surface area contributed by atoms with Crippen LogP contribution in [0.4, 0.5) is 4.39 Å². The van der Waals surface area contributed by atoms with E-state index in [9.17, 15) is 9.18 Å². The van der Waals surface area contributed by atoms with Crippen LogP contribution in [0.2, 0.25) is 0 Å². The van der Waals surface area contributed by atoms with Crippen molar-refractivity contribution in [3.05, 3.63) is 34.1 Å². The van der Waals surface area contributed by atoms with Crippen LogP contribution in [-0.4, -0.2) is 25.7 Å². The highest BCUT2D eigenvalue weighted by Gasteiger charge is 2.12. The van der Waals surface area contributed by atoms with Gasteiger partial charge in [-0.05, 0) is 34.0 Å². The fourth-order valence-corrected chi connectivity index (χ4v) is 1.77. The predicted molar refractivity (Wildman–Crippen MR) is 72.1 cm³/mol. The molecular formula is C13H17BrFNO2. The maximum Gasteiger partial charge on any atom is 0.252 e. The second kappa shape index (κ2) is 7.48. The average molecular weight is 318 g/mol. The van der Waals surface area contributed by atoms with Gasteiger partial charge in [-0.2, -0.15) is 0 Å². The van der Waals surface area contributed by atoms with Crippen LogP contribution < -0.4 is 5.32 Å². The average Bonchev–Trinajstić information content (AvgIpc) is 2.31. The number of nitrogens with one attached hydrogen (secondary N) is 1. The third-order valence-corrected chi connectivity index (χ3v) is 2.99. The Kier molecular flexibility index (Phi) is 6.29. The zero-order valence-corrected chi connectivity index (χ0v) is 12.1. The molecule has 0 aliphatic carbocycles. The van der Waals surface area contributed by atoms with E-state index in [0.29, 0.717) is 31.2 Å². The van der Waals surface area contributed by atoms with Crippen molar-refractivity contribution in [2.75, 3.05) is 19.8 Å². The Morgan fingerprint density at radius 1 is 1.50 bits per heavy atom. The summed E-state index contributed by atoms with van der Waals surface area (Å²) in [5, 5.41) is 2.68. The van der Waals surface area contributed by atoms with Gasteiger partial charge in [-0.25, -0.2) is 4.39 Å². The summed E-state index contributed by atoms with van der Waals surface area (Å²) >= 11 is 3.06. The monoisotopic (exact) mass is 317 g/mol. The fourth-order valence-electron chi connectivity index (χ4n) is 1.33. The van der Waals surface area contributed by atoms with E-state index in [1.54, 1.807) is 6.07 Å². The molecule has 0 aromatic heterocycles. The Morgan fingerprint density at radius 2 is 2.22 bits per heavy atom. The first-order valence-electron chi connectivity index (χ1n) is 5.82. The van der Waals surface area contributed by atoms with Crippen molar-refractivity contribution >= 4 is 21.8 Å². The van der Waals surface area contributed by atoms with Gasteiger partial charge in [0.05, 0.1) is 16.6 Å². The molecule has 0 saturated carbocycles. The number of carbonyl (C=O) groups is 1. The largest absolute Gasteiger partial charge is 0.379 e. The molecule has 1 amide bonds. The number of benzene rings is 1. The Hall–Kier alpha value is -0.940. The quantitative estimate of drug-likeness (QED) is 0.819. The lowest BCUT2D eigenvalue weighted by Crippen LogP contribution is -2.28. The number of amides is 1. The van der Waals surface area contributed by atoms with Gasteiger partial charge in [-0.15, -0.1) is 0 Å². The summed E-state index contributed by atoms with van der Waals surface area (Å²) in [5.41, 5.74) is 0.291. The van der Waals surface area contributed by atoms with Crippen LogP contribution in [0.15, 0.2) is 22.7 Å². The topological polar surface area (TPSA) is 38.3 Å². The SMILES string of the molecule is CC(C)COCCNC(=O)c1cccc(F)c1Br. The first kappa shape index (κ1) is 15.1. The summed E-state index contributed by atoms with van der Waals surface area (Å²) in [6.07, 6.45) is 0. The molecule has 0 atom stereocenters. The molecule has 0 aliphatic heterocycles. The number of ether oxygens (including phenoxy) is 1. The van der Waals surface area contributed by atoms with Crippen LogP contribution in [0.1, 0.15) is 24.2 Å². The predicted octanol–water partition coefficient (Wildman–Crippen LogP) is 2.99. The Morgan fingerprint density at radius 3 is 2.89 bits per heavy atom. The van der Waals surface area contributed by atoms with Crippen molar-refractivity contribution in [1.82, 2.24) is 5.32 Å². The summed E-state index contributed by atoms with van der Waals surface area (Å²) in [5.74, 6) is -0.286. The summed E-state index contributed by atoms with van der Waals surface area (Å²) in [6, 6.07) is 4.37. The molecule has 0 radical (unpaired) electrons. The molecule has 0 saturated heterocycles. The summed E-state index contributed by atoms with van der Waals surface area (Å²) in [7, 11) is 0. The molecular weight excluding hydrogens is 301 g/mol. The summed E-state index contributed by atoms with van der Waals surface area (Å²) < 4.78 is 18.7. The minimum absolute atomic E-state index is 0.186. The molecule has 0 bridgehead atoms. The lowest BCUT2D eigenvalue weighted by molar-refractivity contribution is 0.0885. The van der Waals surface area contributed by atoms with Gasteiger partial charge in [0.1, 0.15) is 5.82 Å². The molecule has 0 fully saturated rings. The molecule has 3 nitrogen and oxygen atoms in total. The minimum atomic E-state index is -0.446. The van der Waals surface area contributed by atoms with Crippen molar-refractivity contribution in [1.29, 1.82) is 0 Å². The van der Waals surface area contributed by atoms with E-state index < -0.39 is 5.82 Å². The zero-order valence-electron chi connectivity index (χ0n) is 10.5. The summed E-state index contributed by atoms with van der Waals surface area (Å²) in [6.45, 7) is 5.65. The van der Waals surface area contributed by atoms with Gasteiger partial charge in [-0.1, -0.05) is 19.9 Å². The Labute approximate surface area is 115 Å². The highest BCUT2D eigenvalue weighted by Crippen LogP contribution is 2.19. The van der Waals surface area contributed by atoms with Crippen LogP contribution in [0.25, 0.3) is 0 Å². The van der Waals surface area contributed by atoms with Gasteiger partial charge in [0.25, 0.3) is 5.91 Å². The van der Waals surface area contributed by atoms with E-state index in [0.717, 1.165) is 0 Å². The lowest BCUT2D eigenvalue weighted by Gasteiger charge is -2.09. The second-order valence-electron chi connectivity index (χ2n) is 4.33. The highest BCUT2D eigenvalue weighted by atomic mass is 79.9. The smallest absolute Gasteiger partial charge is 0.252 e. The van der Waals surface area contributed by atoms with E-state index >= 15 is 0 Å². The molecule has 0 aliphatic rings. The van der Waals surface area contributed by atoms with Gasteiger partial charge in [0.15, 0.2) is 0 Å². The van der Waals surface area contributed by atoms with Crippen molar-refractivity contribution in [3.63, 3.8) is 0 Å². The van der Waals surface area contributed by atoms with Crippen LogP contribution in [-0.2, 0) is 4.74 Å². The number of hydrogen-bond donors (Lipinski definition) is 1. The Bertz CT molecular complexity index is 410. The number of halogens is 2. The molecule has 1 aromatic carbocycles. The first-order chi connectivity index (χ1) is 8.52. The zero-order chi connectivity index (χ0) is 13.5. The Balaban J connectivity index is 2.39. The molecule has 0 spiro atoms. The van der Waals surface area contributed by atoms with Crippen LogP contribution in [0, 0.1) is 11.7 Å². The minimum Gasteiger partial charge on any atom is -0.379 e. The van der Waals surface area contributed by atoms with Crippen LogP contribution >= 0.6 is 15.9 Å². The van der Waals surface area contributed by atoms with Gasteiger partial charge >= 0.3 is 0 Å². The van der Waals surface area contributed by atoms with Gasteiger partial charge in [0, 0.05) is 13.2 Å². The van der Waals surface area contributed by atoms with E-state index in [-0.39, 0.29) is 10.4 Å². The van der Waals surface area contributed by atoms with E-state index in [1.165, 1.54) is 12.1 Å². The van der Waals surface area contributed by atoms with Crippen molar-refractivity contribution in [2.24, 2.45) is 5.92 Å². The molecule has 0 heterocycles. The maximum atomic E-state index is 13.2. The standard InChI is InChI=1S/C13H17BrFNO2/c1-9(2)8-18-7-6-16-13(17)10-4-3-5-11(15)12(10)14/h3-5,9H,6-8H2,1-2H3,(H,16,17). The van der Waals surface area contributed by atoms with Gasteiger partial charge < -0.3 is 10.1 Å².